The topological polar surface area (TPSA) is 85.5 Å². The van der Waals surface area contributed by atoms with Crippen LogP contribution in [0.3, 0.4) is 0 Å². The number of likely N-dealkylation sites (N-methyl/N-ethyl adjacent to an activating group) is 2. The normalized spacial score (nSPS) is 21.7. The van der Waals surface area contributed by atoms with Crippen molar-refractivity contribution >= 4 is 15.7 Å². The highest BCUT2D eigenvalue weighted by molar-refractivity contribution is 7.92. The molecule has 0 aliphatic carbocycles. The molecule has 2 rings (SSSR count). The van der Waals surface area contributed by atoms with E-state index in [9.17, 15) is 8.42 Å². The molecule has 0 amide bonds. The van der Waals surface area contributed by atoms with Crippen molar-refractivity contribution in [3.8, 4) is 0 Å². The maximum absolute atomic E-state index is 11.6. The van der Waals surface area contributed by atoms with E-state index < -0.39 is 10.0 Å². The van der Waals surface area contributed by atoms with Gasteiger partial charge in [0.2, 0.25) is 10.0 Å². The first-order valence-electron chi connectivity index (χ1n) is 7.79. The van der Waals surface area contributed by atoms with Gasteiger partial charge in [-0.05, 0) is 25.7 Å². The van der Waals surface area contributed by atoms with Crippen molar-refractivity contribution in [3.63, 3.8) is 0 Å². The van der Waals surface area contributed by atoms with Gasteiger partial charge in [0.25, 0.3) is 0 Å². The van der Waals surface area contributed by atoms with E-state index in [-0.39, 0.29) is 6.04 Å². The molecular formula is C15H27N5O2S. The van der Waals surface area contributed by atoms with Crippen LogP contribution >= 0.6 is 0 Å². The Kier molecular flexibility index (Phi) is 6.37. The minimum absolute atomic E-state index is 0.0671. The molecule has 1 aromatic rings. The van der Waals surface area contributed by atoms with Gasteiger partial charge in [-0.3, -0.25) is 10.1 Å². The quantitative estimate of drug-likeness (QED) is 0.532. The molecule has 1 fully saturated rings. The minimum atomic E-state index is -3.30. The number of nitrogens with one attached hydrogen (secondary N) is 4. The Morgan fingerprint density at radius 2 is 2.09 bits per heavy atom. The number of sulfonamides is 1. The molecule has 1 aliphatic rings. The van der Waals surface area contributed by atoms with Crippen LogP contribution in [0.2, 0.25) is 0 Å². The molecule has 130 valence electrons. The van der Waals surface area contributed by atoms with Crippen molar-refractivity contribution in [2.24, 2.45) is 5.92 Å². The molecule has 1 heterocycles. The standard InChI is InChI=1S/C15H27N5O2S/c1-16-8-9-20(2)11-12-10-17-18-15(12)13-6-4-5-7-14(13)19-23(3,21)22/h4-7,12,15-19H,8-11H2,1-3H3. The van der Waals surface area contributed by atoms with Gasteiger partial charge in [-0.15, -0.1) is 0 Å². The van der Waals surface area contributed by atoms with Gasteiger partial charge in [-0.2, -0.15) is 0 Å². The SMILES string of the molecule is CNCCN(C)CC1CNNC1c1ccccc1NS(C)(=O)=O. The molecular weight excluding hydrogens is 314 g/mol. The predicted octanol–water partition coefficient (Wildman–Crippen LogP) is -0.0256. The monoisotopic (exact) mass is 341 g/mol. The summed E-state index contributed by atoms with van der Waals surface area (Å²) < 4.78 is 25.8. The first-order valence-corrected chi connectivity index (χ1v) is 9.68. The van der Waals surface area contributed by atoms with E-state index >= 15 is 0 Å². The van der Waals surface area contributed by atoms with Crippen LogP contribution in [-0.4, -0.2) is 59.8 Å². The molecule has 23 heavy (non-hydrogen) atoms. The van der Waals surface area contributed by atoms with Crippen molar-refractivity contribution < 1.29 is 8.42 Å². The fourth-order valence-corrected chi connectivity index (χ4v) is 3.48. The lowest BCUT2D eigenvalue weighted by atomic mass is 9.93. The van der Waals surface area contributed by atoms with Gasteiger partial charge in [-0.25, -0.2) is 13.8 Å². The van der Waals surface area contributed by atoms with Gasteiger partial charge >= 0.3 is 0 Å². The molecule has 2 unspecified atom stereocenters. The number of anilines is 1. The summed E-state index contributed by atoms with van der Waals surface area (Å²) in [5, 5.41) is 3.15. The first-order chi connectivity index (χ1) is 10.9. The van der Waals surface area contributed by atoms with Crippen molar-refractivity contribution in [2.75, 3.05) is 51.3 Å². The number of hydrogen-bond acceptors (Lipinski definition) is 6. The van der Waals surface area contributed by atoms with Gasteiger partial charge in [0.05, 0.1) is 18.0 Å². The third-order valence-electron chi connectivity index (χ3n) is 3.97. The Labute approximate surface area is 138 Å². The molecule has 1 saturated heterocycles. The summed E-state index contributed by atoms with van der Waals surface area (Å²) in [6.45, 7) is 3.70. The molecule has 8 heteroatoms. The smallest absolute Gasteiger partial charge is 0.229 e. The highest BCUT2D eigenvalue weighted by Crippen LogP contribution is 2.31. The van der Waals surface area contributed by atoms with Crippen LogP contribution in [-0.2, 0) is 10.0 Å². The van der Waals surface area contributed by atoms with E-state index in [4.69, 9.17) is 0 Å². The average Bonchev–Trinajstić information content (AvgIpc) is 2.92. The Balaban J connectivity index is 2.13. The van der Waals surface area contributed by atoms with E-state index in [0.29, 0.717) is 11.6 Å². The van der Waals surface area contributed by atoms with Gasteiger partial charge < -0.3 is 10.2 Å². The van der Waals surface area contributed by atoms with E-state index in [1.54, 1.807) is 6.07 Å². The van der Waals surface area contributed by atoms with Crippen molar-refractivity contribution in [1.29, 1.82) is 0 Å². The highest BCUT2D eigenvalue weighted by atomic mass is 32.2. The number of hydrogen-bond donors (Lipinski definition) is 4. The third-order valence-corrected chi connectivity index (χ3v) is 4.56. The van der Waals surface area contributed by atoms with E-state index in [2.05, 4.69) is 32.8 Å². The van der Waals surface area contributed by atoms with Crippen LogP contribution in [0, 0.1) is 5.92 Å². The summed E-state index contributed by atoms with van der Waals surface area (Å²) >= 11 is 0. The second-order valence-electron chi connectivity index (χ2n) is 6.09. The lowest BCUT2D eigenvalue weighted by molar-refractivity contribution is 0.271. The number of hydrazine groups is 1. The molecule has 1 aliphatic heterocycles. The summed E-state index contributed by atoms with van der Waals surface area (Å²) in [6.07, 6.45) is 1.17. The molecule has 0 bridgehead atoms. The first kappa shape index (κ1) is 18.2. The third kappa shape index (κ3) is 5.43. The Bertz CT molecular complexity index is 608. The molecule has 0 saturated carbocycles. The van der Waals surface area contributed by atoms with E-state index in [1.165, 1.54) is 6.26 Å². The molecule has 0 spiro atoms. The zero-order valence-corrected chi connectivity index (χ0v) is 14.8. The number of para-hydroxylation sites is 1. The fourth-order valence-electron chi connectivity index (χ4n) is 2.89. The fraction of sp³-hybridized carbons (Fsp3) is 0.600. The minimum Gasteiger partial charge on any atom is -0.318 e. The predicted molar refractivity (Wildman–Crippen MR) is 93.7 cm³/mol. The van der Waals surface area contributed by atoms with Gasteiger partial charge in [-0.1, -0.05) is 18.2 Å². The molecule has 0 radical (unpaired) electrons. The Morgan fingerprint density at radius 1 is 1.35 bits per heavy atom. The van der Waals surface area contributed by atoms with Crippen LogP contribution in [0.4, 0.5) is 5.69 Å². The molecule has 2 atom stereocenters. The maximum Gasteiger partial charge on any atom is 0.229 e. The summed E-state index contributed by atoms with van der Waals surface area (Å²) in [4.78, 5) is 2.29. The summed E-state index contributed by atoms with van der Waals surface area (Å²) in [5.74, 6) is 0.361. The zero-order chi connectivity index (χ0) is 16.9. The summed E-state index contributed by atoms with van der Waals surface area (Å²) in [7, 11) is 0.753. The zero-order valence-electron chi connectivity index (χ0n) is 14.0. The van der Waals surface area contributed by atoms with Crippen LogP contribution in [0.25, 0.3) is 0 Å². The van der Waals surface area contributed by atoms with E-state index in [1.807, 2.05) is 25.2 Å². The van der Waals surface area contributed by atoms with Crippen molar-refractivity contribution in [2.45, 2.75) is 6.04 Å². The van der Waals surface area contributed by atoms with Crippen LogP contribution in [0.15, 0.2) is 24.3 Å². The van der Waals surface area contributed by atoms with Crippen LogP contribution in [0.1, 0.15) is 11.6 Å². The molecule has 4 N–H and O–H groups in total. The number of nitrogens with zero attached hydrogens (tertiary/aromatic N) is 1. The molecule has 7 nitrogen and oxygen atoms in total. The summed E-state index contributed by atoms with van der Waals surface area (Å²) in [6, 6.07) is 7.62. The van der Waals surface area contributed by atoms with E-state index in [0.717, 1.165) is 31.7 Å². The highest BCUT2D eigenvalue weighted by Gasteiger charge is 2.30. The Hall–Kier alpha value is -1.19. The van der Waals surface area contributed by atoms with Crippen molar-refractivity contribution in [3.05, 3.63) is 29.8 Å². The number of rotatable bonds is 8. The second kappa shape index (κ2) is 8.07. The van der Waals surface area contributed by atoms with Gasteiger partial charge in [0.15, 0.2) is 0 Å². The average molecular weight is 341 g/mol. The maximum atomic E-state index is 11.6. The van der Waals surface area contributed by atoms with Crippen molar-refractivity contribution in [1.82, 2.24) is 21.1 Å². The lowest BCUT2D eigenvalue weighted by Gasteiger charge is -2.26. The van der Waals surface area contributed by atoms with Crippen LogP contribution < -0.4 is 20.9 Å². The largest absolute Gasteiger partial charge is 0.318 e. The number of benzene rings is 1. The van der Waals surface area contributed by atoms with Crippen LogP contribution in [0.5, 0.6) is 0 Å². The molecule has 0 aromatic heterocycles. The van der Waals surface area contributed by atoms with Gasteiger partial charge in [0.1, 0.15) is 0 Å². The Morgan fingerprint density at radius 3 is 2.78 bits per heavy atom. The van der Waals surface area contributed by atoms with Gasteiger partial charge in [0, 0.05) is 32.1 Å². The summed E-state index contributed by atoms with van der Waals surface area (Å²) in [5.41, 5.74) is 8.09. The second-order valence-corrected chi connectivity index (χ2v) is 7.84. The lowest BCUT2D eigenvalue weighted by Crippen LogP contribution is -2.34. The molecule has 1 aromatic carbocycles.